The van der Waals surface area contributed by atoms with Crippen molar-refractivity contribution in [3.63, 3.8) is 0 Å². The predicted molar refractivity (Wildman–Crippen MR) is 118 cm³/mol. The standard InChI is InChI=1S/C25H23ClO3/c1-3-28-25-16-19(10-14-23(27)20-12-8-18(2)9-13-20)11-15-24(25)29-17-21-6-4-5-7-22(21)26/h4-16H,3,17H2,1-2H3/b14-10+. The third kappa shape index (κ3) is 5.72. The minimum Gasteiger partial charge on any atom is -0.490 e. The van der Waals surface area contributed by atoms with Crippen molar-refractivity contribution in [1.82, 2.24) is 0 Å². The number of carbonyl (C=O) groups is 1. The number of ketones is 1. The van der Waals surface area contributed by atoms with E-state index in [1.54, 1.807) is 12.2 Å². The number of benzene rings is 3. The molecule has 0 bridgehead atoms. The first-order valence-electron chi connectivity index (χ1n) is 9.49. The molecule has 0 fully saturated rings. The van der Waals surface area contributed by atoms with Gasteiger partial charge in [-0.1, -0.05) is 71.8 Å². The highest BCUT2D eigenvalue weighted by Crippen LogP contribution is 2.30. The Labute approximate surface area is 176 Å². The highest BCUT2D eigenvalue weighted by molar-refractivity contribution is 6.31. The zero-order valence-corrected chi connectivity index (χ0v) is 17.3. The number of allylic oxidation sites excluding steroid dienone is 1. The van der Waals surface area contributed by atoms with Crippen molar-refractivity contribution in [2.75, 3.05) is 6.61 Å². The topological polar surface area (TPSA) is 35.5 Å². The second-order valence-corrected chi connectivity index (χ2v) is 6.99. The van der Waals surface area contributed by atoms with Crippen LogP contribution in [0.3, 0.4) is 0 Å². The average molecular weight is 407 g/mol. The Hall–Kier alpha value is -3.04. The second kappa shape index (κ2) is 9.94. The normalized spacial score (nSPS) is 10.9. The van der Waals surface area contributed by atoms with Crippen LogP contribution >= 0.6 is 11.6 Å². The van der Waals surface area contributed by atoms with Gasteiger partial charge in [-0.2, -0.15) is 0 Å². The number of rotatable bonds is 8. The molecule has 0 heterocycles. The number of hydrogen-bond acceptors (Lipinski definition) is 3. The number of ether oxygens (including phenoxy) is 2. The molecule has 0 aromatic heterocycles. The molecule has 0 unspecified atom stereocenters. The van der Waals surface area contributed by atoms with E-state index in [1.165, 1.54) is 0 Å². The number of carbonyl (C=O) groups excluding carboxylic acids is 1. The molecule has 0 aliphatic heterocycles. The summed E-state index contributed by atoms with van der Waals surface area (Å²) in [6, 6.07) is 20.7. The van der Waals surface area contributed by atoms with Gasteiger partial charge in [0.15, 0.2) is 17.3 Å². The fourth-order valence-electron chi connectivity index (χ4n) is 2.77. The van der Waals surface area contributed by atoms with Gasteiger partial charge in [-0.15, -0.1) is 0 Å². The van der Waals surface area contributed by atoms with Crippen molar-refractivity contribution < 1.29 is 14.3 Å². The molecule has 29 heavy (non-hydrogen) atoms. The Morgan fingerprint density at radius 3 is 2.45 bits per heavy atom. The maximum absolute atomic E-state index is 12.3. The van der Waals surface area contributed by atoms with Gasteiger partial charge < -0.3 is 9.47 Å². The van der Waals surface area contributed by atoms with Crippen LogP contribution in [0.25, 0.3) is 6.08 Å². The van der Waals surface area contributed by atoms with Crippen LogP contribution in [0.5, 0.6) is 11.5 Å². The van der Waals surface area contributed by atoms with Crippen LogP contribution in [0.4, 0.5) is 0 Å². The maximum atomic E-state index is 12.3. The zero-order chi connectivity index (χ0) is 20.6. The fraction of sp³-hybridized carbons (Fsp3) is 0.160. The lowest BCUT2D eigenvalue weighted by molar-refractivity contribution is 0.104. The van der Waals surface area contributed by atoms with Crippen molar-refractivity contribution in [3.8, 4) is 11.5 Å². The molecule has 3 nitrogen and oxygen atoms in total. The first kappa shape index (κ1) is 20.7. The molecule has 0 spiro atoms. The summed E-state index contributed by atoms with van der Waals surface area (Å²) in [6.07, 6.45) is 3.35. The lowest BCUT2D eigenvalue weighted by atomic mass is 10.1. The molecule has 0 N–H and O–H groups in total. The van der Waals surface area contributed by atoms with Gasteiger partial charge in [-0.05, 0) is 43.7 Å². The Morgan fingerprint density at radius 2 is 1.72 bits per heavy atom. The van der Waals surface area contributed by atoms with Gasteiger partial charge in [0.1, 0.15) is 6.61 Å². The van der Waals surface area contributed by atoms with Crippen LogP contribution in [0, 0.1) is 6.92 Å². The van der Waals surface area contributed by atoms with Crippen LogP contribution in [-0.4, -0.2) is 12.4 Å². The summed E-state index contributed by atoms with van der Waals surface area (Å²) in [5, 5.41) is 0.666. The molecule has 4 heteroatoms. The van der Waals surface area contributed by atoms with E-state index >= 15 is 0 Å². The van der Waals surface area contributed by atoms with E-state index in [1.807, 2.05) is 80.6 Å². The van der Waals surface area contributed by atoms with E-state index in [9.17, 15) is 4.79 Å². The Morgan fingerprint density at radius 1 is 0.966 bits per heavy atom. The van der Waals surface area contributed by atoms with Gasteiger partial charge in [0.2, 0.25) is 0 Å². The average Bonchev–Trinajstić information content (AvgIpc) is 2.73. The summed E-state index contributed by atoms with van der Waals surface area (Å²) in [5.74, 6) is 1.22. The third-order valence-corrected chi connectivity index (χ3v) is 4.74. The quantitative estimate of drug-likeness (QED) is 0.315. The monoisotopic (exact) mass is 406 g/mol. The zero-order valence-electron chi connectivity index (χ0n) is 16.5. The molecule has 0 aliphatic rings. The van der Waals surface area contributed by atoms with Crippen molar-refractivity contribution >= 4 is 23.5 Å². The lowest BCUT2D eigenvalue weighted by Crippen LogP contribution is -2.00. The summed E-state index contributed by atoms with van der Waals surface area (Å²) >= 11 is 6.19. The van der Waals surface area contributed by atoms with Crippen molar-refractivity contribution in [3.05, 3.63) is 100 Å². The molecule has 0 radical (unpaired) electrons. The molecule has 0 aliphatic carbocycles. The molecule has 0 amide bonds. The molecule has 0 saturated heterocycles. The summed E-state index contributed by atoms with van der Waals surface area (Å²) in [4.78, 5) is 12.3. The van der Waals surface area contributed by atoms with Crippen LogP contribution in [-0.2, 0) is 6.61 Å². The summed E-state index contributed by atoms with van der Waals surface area (Å²) in [5.41, 5.74) is 3.55. The van der Waals surface area contributed by atoms with Crippen LogP contribution in [0.2, 0.25) is 5.02 Å². The highest BCUT2D eigenvalue weighted by atomic mass is 35.5. The van der Waals surface area contributed by atoms with E-state index in [4.69, 9.17) is 21.1 Å². The van der Waals surface area contributed by atoms with Gasteiger partial charge in [0.25, 0.3) is 0 Å². The maximum Gasteiger partial charge on any atom is 0.185 e. The van der Waals surface area contributed by atoms with E-state index in [0.717, 1.165) is 16.7 Å². The smallest absolute Gasteiger partial charge is 0.185 e. The SMILES string of the molecule is CCOc1cc(/C=C/C(=O)c2ccc(C)cc2)ccc1OCc1ccccc1Cl. The molecule has 3 aromatic rings. The molecule has 0 atom stereocenters. The first-order chi connectivity index (χ1) is 14.1. The Kier molecular flexibility index (Phi) is 7.09. The predicted octanol–water partition coefficient (Wildman–Crippen LogP) is 6.52. The van der Waals surface area contributed by atoms with E-state index < -0.39 is 0 Å². The summed E-state index contributed by atoms with van der Waals surface area (Å²) < 4.78 is 11.6. The largest absolute Gasteiger partial charge is 0.490 e. The van der Waals surface area contributed by atoms with Gasteiger partial charge in [-0.3, -0.25) is 4.79 Å². The molecule has 0 saturated carbocycles. The Balaban J connectivity index is 1.73. The van der Waals surface area contributed by atoms with Crippen LogP contribution in [0.15, 0.2) is 72.8 Å². The summed E-state index contributed by atoms with van der Waals surface area (Å²) in [7, 11) is 0. The van der Waals surface area contributed by atoms with E-state index in [-0.39, 0.29) is 5.78 Å². The van der Waals surface area contributed by atoms with Crippen molar-refractivity contribution in [2.45, 2.75) is 20.5 Å². The minimum absolute atomic E-state index is 0.0398. The molecular formula is C25H23ClO3. The highest BCUT2D eigenvalue weighted by Gasteiger charge is 2.08. The Bertz CT molecular complexity index is 1010. The minimum atomic E-state index is -0.0398. The number of aryl methyl sites for hydroxylation is 1. The van der Waals surface area contributed by atoms with E-state index in [0.29, 0.717) is 35.3 Å². The van der Waals surface area contributed by atoms with Gasteiger partial charge in [0, 0.05) is 16.1 Å². The van der Waals surface area contributed by atoms with Crippen LogP contribution in [0.1, 0.15) is 34.0 Å². The molecule has 3 rings (SSSR count). The lowest BCUT2D eigenvalue weighted by Gasteiger charge is -2.13. The van der Waals surface area contributed by atoms with Gasteiger partial charge >= 0.3 is 0 Å². The number of halogens is 1. The van der Waals surface area contributed by atoms with Gasteiger partial charge in [0.05, 0.1) is 6.61 Å². The first-order valence-corrected chi connectivity index (χ1v) is 9.86. The second-order valence-electron chi connectivity index (χ2n) is 6.58. The molecular weight excluding hydrogens is 384 g/mol. The van der Waals surface area contributed by atoms with E-state index in [2.05, 4.69) is 0 Å². The fourth-order valence-corrected chi connectivity index (χ4v) is 2.96. The van der Waals surface area contributed by atoms with Gasteiger partial charge in [-0.25, -0.2) is 0 Å². The third-order valence-electron chi connectivity index (χ3n) is 4.37. The molecule has 148 valence electrons. The van der Waals surface area contributed by atoms with Crippen LogP contribution < -0.4 is 9.47 Å². The molecule has 3 aromatic carbocycles. The van der Waals surface area contributed by atoms with Crippen molar-refractivity contribution in [1.29, 1.82) is 0 Å². The number of hydrogen-bond donors (Lipinski definition) is 0. The summed E-state index contributed by atoms with van der Waals surface area (Å²) in [6.45, 7) is 4.77. The van der Waals surface area contributed by atoms with Crippen molar-refractivity contribution in [2.24, 2.45) is 0 Å².